The number of hydrogen-bond acceptors (Lipinski definition) is 0. The van der Waals surface area contributed by atoms with Crippen molar-refractivity contribution in [3.63, 3.8) is 0 Å². The maximum Gasteiger partial charge on any atom is 0.416 e. The van der Waals surface area contributed by atoms with Gasteiger partial charge in [-0.15, -0.1) is 0 Å². The summed E-state index contributed by atoms with van der Waals surface area (Å²) in [4.78, 5) is 0. The van der Waals surface area contributed by atoms with E-state index in [0.29, 0.717) is 0 Å². The first kappa shape index (κ1) is 17.5. The lowest BCUT2D eigenvalue weighted by Crippen LogP contribution is -2.11. The number of hydrogen-bond donors (Lipinski definition) is 0. The van der Waals surface area contributed by atoms with Crippen LogP contribution in [0.2, 0.25) is 0 Å². The number of alkyl halides is 3. The standard InChI is InChI=1S/C22H21F3/c1-3-19(17-10-6-11-18(14-17)22(23,24)25)15(2)20-13-7-9-16-8-4-5-12-21(16)20/h4-15,19H,3H2,1-2H3. The molecule has 0 fully saturated rings. The third-order valence-corrected chi connectivity index (χ3v) is 5.00. The van der Waals surface area contributed by atoms with Gasteiger partial charge >= 0.3 is 6.18 Å². The van der Waals surface area contributed by atoms with Crippen LogP contribution in [0.15, 0.2) is 66.7 Å². The zero-order chi connectivity index (χ0) is 18.0. The maximum atomic E-state index is 13.1. The number of benzene rings is 3. The molecule has 0 N–H and O–H groups in total. The minimum atomic E-state index is -4.31. The molecule has 3 aromatic rings. The first-order chi connectivity index (χ1) is 11.9. The smallest absolute Gasteiger partial charge is 0.166 e. The fraction of sp³-hybridized carbons (Fsp3) is 0.273. The Balaban J connectivity index is 2.03. The van der Waals surface area contributed by atoms with Crippen LogP contribution < -0.4 is 0 Å². The van der Waals surface area contributed by atoms with Crippen molar-refractivity contribution in [2.75, 3.05) is 0 Å². The third-order valence-electron chi connectivity index (χ3n) is 5.00. The predicted octanol–water partition coefficient (Wildman–Crippen LogP) is 7.16. The van der Waals surface area contributed by atoms with E-state index in [-0.39, 0.29) is 11.8 Å². The Hall–Kier alpha value is -2.29. The molecule has 0 aliphatic rings. The molecule has 2 unspecified atom stereocenters. The van der Waals surface area contributed by atoms with Gasteiger partial charge < -0.3 is 0 Å². The summed E-state index contributed by atoms with van der Waals surface area (Å²) >= 11 is 0. The molecule has 0 bridgehead atoms. The topological polar surface area (TPSA) is 0 Å². The van der Waals surface area contributed by atoms with Crippen molar-refractivity contribution < 1.29 is 13.2 Å². The Kier molecular flexibility index (Phi) is 4.85. The van der Waals surface area contributed by atoms with Gasteiger partial charge in [0.2, 0.25) is 0 Å². The van der Waals surface area contributed by atoms with Gasteiger partial charge in [0.05, 0.1) is 5.56 Å². The van der Waals surface area contributed by atoms with Crippen LogP contribution in [0.5, 0.6) is 0 Å². The minimum absolute atomic E-state index is 0.0353. The summed E-state index contributed by atoms with van der Waals surface area (Å²) in [5.41, 5.74) is 1.36. The van der Waals surface area contributed by atoms with Gasteiger partial charge in [-0.1, -0.05) is 74.5 Å². The predicted molar refractivity (Wildman–Crippen MR) is 96.8 cm³/mol. The number of fused-ring (bicyclic) bond motifs is 1. The van der Waals surface area contributed by atoms with E-state index in [2.05, 4.69) is 31.2 Å². The van der Waals surface area contributed by atoms with Crippen molar-refractivity contribution in [1.82, 2.24) is 0 Å². The fourth-order valence-electron chi connectivity index (χ4n) is 3.69. The summed E-state index contributed by atoms with van der Waals surface area (Å²) in [7, 11) is 0. The number of halogens is 3. The maximum absolute atomic E-state index is 13.1. The van der Waals surface area contributed by atoms with Gasteiger partial charge in [-0.05, 0) is 46.2 Å². The molecule has 0 spiro atoms. The fourth-order valence-corrected chi connectivity index (χ4v) is 3.69. The highest BCUT2D eigenvalue weighted by Crippen LogP contribution is 2.40. The molecular formula is C22H21F3. The summed E-state index contributed by atoms with van der Waals surface area (Å²) in [5, 5.41) is 2.33. The van der Waals surface area contributed by atoms with E-state index in [9.17, 15) is 13.2 Å². The quantitative estimate of drug-likeness (QED) is 0.472. The summed E-state index contributed by atoms with van der Waals surface area (Å²) in [6, 6.07) is 20.1. The monoisotopic (exact) mass is 342 g/mol. The molecule has 3 aromatic carbocycles. The second-order valence-corrected chi connectivity index (χ2v) is 6.50. The van der Waals surface area contributed by atoms with Gasteiger partial charge in [-0.3, -0.25) is 0 Å². The molecule has 25 heavy (non-hydrogen) atoms. The third kappa shape index (κ3) is 3.55. The lowest BCUT2D eigenvalue weighted by molar-refractivity contribution is -0.137. The SMILES string of the molecule is CCC(c1cccc(C(F)(F)F)c1)C(C)c1cccc2ccccc12. The summed E-state index contributed by atoms with van der Waals surface area (Å²) < 4.78 is 39.2. The Morgan fingerprint density at radius 1 is 0.880 bits per heavy atom. The molecule has 0 aromatic heterocycles. The van der Waals surface area contributed by atoms with Crippen molar-refractivity contribution in [1.29, 1.82) is 0 Å². The van der Waals surface area contributed by atoms with Crippen molar-refractivity contribution in [2.24, 2.45) is 0 Å². The van der Waals surface area contributed by atoms with Gasteiger partial charge in [0.25, 0.3) is 0 Å². The normalized spacial score (nSPS) is 14.4. The second-order valence-electron chi connectivity index (χ2n) is 6.50. The van der Waals surface area contributed by atoms with Gasteiger partial charge in [0.1, 0.15) is 0 Å². The van der Waals surface area contributed by atoms with E-state index >= 15 is 0 Å². The largest absolute Gasteiger partial charge is 0.416 e. The number of rotatable bonds is 4. The molecular weight excluding hydrogens is 321 g/mol. The van der Waals surface area contributed by atoms with Crippen molar-refractivity contribution in [3.8, 4) is 0 Å². The van der Waals surface area contributed by atoms with Crippen LogP contribution >= 0.6 is 0 Å². The molecule has 0 nitrogen and oxygen atoms in total. The van der Waals surface area contributed by atoms with Crippen molar-refractivity contribution in [3.05, 3.63) is 83.4 Å². The van der Waals surface area contributed by atoms with Gasteiger partial charge in [0.15, 0.2) is 0 Å². The molecule has 3 rings (SSSR count). The summed E-state index contributed by atoms with van der Waals surface area (Å²) in [6.45, 7) is 4.14. The molecule has 0 heterocycles. The zero-order valence-corrected chi connectivity index (χ0v) is 14.3. The minimum Gasteiger partial charge on any atom is -0.166 e. The highest BCUT2D eigenvalue weighted by molar-refractivity contribution is 5.86. The average Bonchev–Trinajstić information content (AvgIpc) is 2.61. The highest BCUT2D eigenvalue weighted by atomic mass is 19.4. The van der Waals surface area contributed by atoms with Crippen LogP contribution in [0.4, 0.5) is 13.2 Å². The van der Waals surface area contributed by atoms with E-state index in [4.69, 9.17) is 0 Å². The Labute approximate surface area is 146 Å². The summed E-state index contributed by atoms with van der Waals surface area (Å²) in [5.74, 6) is 0.160. The van der Waals surface area contributed by atoms with E-state index in [0.717, 1.165) is 23.4 Å². The van der Waals surface area contributed by atoms with Crippen LogP contribution in [0.1, 0.15) is 48.8 Å². The van der Waals surface area contributed by atoms with E-state index in [1.807, 2.05) is 31.2 Å². The Bertz CT molecular complexity index is 859. The van der Waals surface area contributed by atoms with Crippen LogP contribution in [0, 0.1) is 0 Å². The van der Waals surface area contributed by atoms with Crippen LogP contribution in [-0.4, -0.2) is 0 Å². The van der Waals surface area contributed by atoms with Crippen LogP contribution in [0.25, 0.3) is 10.8 Å². The van der Waals surface area contributed by atoms with Crippen LogP contribution in [0.3, 0.4) is 0 Å². The molecule has 0 radical (unpaired) electrons. The molecule has 0 aliphatic heterocycles. The Morgan fingerprint density at radius 2 is 1.56 bits per heavy atom. The molecule has 0 saturated heterocycles. The molecule has 3 heteroatoms. The van der Waals surface area contributed by atoms with E-state index in [1.54, 1.807) is 0 Å². The lowest BCUT2D eigenvalue weighted by Gasteiger charge is -2.25. The van der Waals surface area contributed by atoms with E-state index in [1.165, 1.54) is 23.1 Å². The zero-order valence-electron chi connectivity index (χ0n) is 14.3. The Morgan fingerprint density at radius 3 is 2.28 bits per heavy atom. The second kappa shape index (κ2) is 6.91. The van der Waals surface area contributed by atoms with Gasteiger partial charge in [-0.25, -0.2) is 0 Å². The molecule has 0 saturated carbocycles. The first-order valence-corrected chi connectivity index (χ1v) is 8.56. The first-order valence-electron chi connectivity index (χ1n) is 8.56. The van der Waals surface area contributed by atoms with Crippen molar-refractivity contribution in [2.45, 2.75) is 38.3 Å². The van der Waals surface area contributed by atoms with E-state index < -0.39 is 11.7 Å². The lowest BCUT2D eigenvalue weighted by atomic mass is 9.79. The van der Waals surface area contributed by atoms with Gasteiger partial charge in [0, 0.05) is 0 Å². The molecule has 0 amide bonds. The molecule has 130 valence electrons. The van der Waals surface area contributed by atoms with Crippen molar-refractivity contribution >= 4 is 10.8 Å². The van der Waals surface area contributed by atoms with Gasteiger partial charge in [-0.2, -0.15) is 13.2 Å². The molecule has 2 atom stereocenters. The summed E-state index contributed by atoms with van der Waals surface area (Å²) in [6.07, 6.45) is -3.53. The van der Waals surface area contributed by atoms with Crippen LogP contribution in [-0.2, 0) is 6.18 Å². The average molecular weight is 342 g/mol. The highest BCUT2D eigenvalue weighted by Gasteiger charge is 2.31. The molecule has 0 aliphatic carbocycles.